The highest BCUT2D eigenvalue weighted by molar-refractivity contribution is 5.74. The molecule has 0 aliphatic carbocycles. The van der Waals surface area contributed by atoms with Crippen molar-refractivity contribution in [1.82, 2.24) is 9.78 Å². The summed E-state index contributed by atoms with van der Waals surface area (Å²) in [5.74, 6) is 3.61. The molecule has 0 atom stereocenters. The number of benzene rings is 3. The predicted molar refractivity (Wildman–Crippen MR) is 137 cm³/mol. The first-order valence-electron chi connectivity index (χ1n) is 11.0. The lowest BCUT2D eigenvalue weighted by atomic mass is 10.1. The van der Waals surface area contributed by atoms with Crippen molar-refractivity contribution < 1.29 is 23.7 Å². The predicted octanol–water partition coefficient (Wildman–Crippen LogP) is 5.75. The van der Waals surface area contributed by atoms with Crippen molar-refractivity contribution in [3.8, 4) is 45.7 Å². The van der Waals surface area contributed by atoms with E-state index in [9.17, 15) is 0 Å². The normalized spacial score (nSPS) is 10.9. The first kappa shape index (κ1) is 23.8. The Morgan fingerprint density at radius 2 is 1.09 bits per heavy atom. The van der Waals surface area contributed by atoms with Gasteiger partial charge in [-0.05, 0) is 66.2 Å². The summed E-state index contributed by atoms with van der Waals surface area (Å²) < 4.78 is 28.9. The van der Waals surface area contributed by atoms with E-state index >= 15 is 0 Å². The summed E-state index contributed by atoms with van der Waals surface area (Å²) in [6.07, 6.45) is 3.93. The van der Waals surface area contributed by atoms with E-state index in [1.54, 1.807) is 35.5 Å². The van der Waals surface area contributed by atoms with Crippen LogP contribution in [0.2, 0.25) is 0 Å². The summed E-state index contributed by atoms with van der Waals surface area (Å²) in [6, 6.07) is 21.2. The van der Waals surface area contributed by atoms with Crippen LogP contribution in [0.4, 0.5) is 0 Å². The Balaban J connectivity index is 1.80. The Kier molecular flexibility index (Phi) is 7.26. The van der Waals surface area contributed by atoms with E-state index in [1.807, 2.05) is 83.6 Å². The van der Waals surface area contributed by atoms with E-state index in [1.165, 1.54) is 0 Å². The fraction of sp³-hybridized carbons (Fsp3) is 0.179. The molecule has 0 radical (unpaired) electrons. The molecule has 0 N–H and O–H groups in total. The zero-order valence-electron chi connectivity index (χ0n) is 20.4. The van der Waals surface area contributed by atoms with Crippen LogP contribution < -0.4 is 23.7 Å². The van der Waals surface area contributed by atoms with E-state index in [-0.39, 0.29) is 0 Å². The molecule has 0 fully saturated rings. The third-order valence-corrected chi connectivity index (χ3v) is 5.51. The Morgan fingerprint density at radius 3 is 1.60 bits per heavy atom. The van der Waals surface area contributed by atoms with Gasteiger partial charge in [0.05, 0.1) is 52.6 Å². The highest BCUT2D eigenvalue weighted by atomic mass is 16.5. The molecule has 35 heavy (non-hydrogen) atoms. The van der Waals surface area contributed by atoms with Gasteiger partial charge in [-0.15, -0.1) is 0 Å². The minimum Gasteiger partial charge on any atom is -0.497 e. The third-order valence-electron chi connectivity index (χ3n) is 5.51. The quantitative estimate of drug-likeness (QED) is 0.309. The van der Waals surface area contributed by atoms with Gasteiger partial charge in [-0.1, -0.05) is 6.08 Å². The minimum absolute atomic E-state index is 0.697. The number of rotatable bonds is 9. The number of methoxy groups -OCH3 is 5. The summed E-state index contributed by atoms with van der Waals surface area (Å²) in [6.45, 7) is 0. The van der Waals surface area contributed by atoms with Gasteiger partial charge in [-0.25, -0.2) is 4.68 Å². The molecule has 4 aromatic rings. The zero-order chi connectivity index (χ0) is 24.8. The molecular formula is C28H28N2O5. The van der Waals surface area contributed by atoms with Gasteiger partial charge in [0, 0.05) is 17.7 Å². The van der Waals surface area contributed by atoms with E-state index in [0.29, 0.717) is 11.5 Å². The van der Waals surface area contributed by atoms with Gasteiger partial charge in [0.2, 0.25) is 0 Å². The fourth-order valence-electron chi connectivity index (χ4n) is 3.67. The molecule has 0 aliphatic heterocycles. The number of hydrogen-bond acceptors (Lipinski definition) is 6. The van der Waals surface area contributed by atoms with Crippen molar-refractivity contribution in [2.24, 2.45) is 0 Å². The van der Waals surface area contributed by atoms with Crippen molar-refractivity contribution in [3.05, 3.63) is 78.0 Å². The monoisotopic (exact) mass is 472 g/mol. The second-order valence-corrected chi connectivity index (χ2v) is 7.64. The Bertz CT molecular complexity index is 1280. The van der Waals surface area contributed by atoms with Crippen molar-refractivity contribution in [1.29, 1.82) is 0 Å². The van der Waals surface area contributed by atoms with E-state index < -0.39 is 0 Å². The van der Waals surface area contributed by atoms with Gasteiger partial charge < -0.3 is 23.7 Å². The smallest absolute Gasteiger partial charge is 0.123 e. The highest BCUT2D eigenvalue weighted by Crippen LogP contribution is 2.32. The van der Waals surface area contributed by atoms with Crippen LogP contribution in [0.15, 0.2) is 66.7 Å². The van der Waals surface area contributed by atoms with Gasteiger partial charge >= 0.3 is 0 Å². The van der Waals surface area contributed by atoms with Crippen LogP contribution in [0.1, 0.15) is 11.3 Å². The first-order valence-corrected chi connectivity index (χ1v) is 11.0. The highest BCUT2D eigenvalue weighted by Gasteiger charge is 2.14. The minimum atomic E-state index is 0.697. The lowest BCUT2D eigenvalue weighted by Crippen LogP contribution is -2.00. The SMILES string of the molecule is COc1ccc(-n2nc(C=Cc3cc(OC)cc(OC)c3)cc2-c2cc(OC)cc(OC)c2)cc1. The van der Waals surface area contributed by atoms with Crippen LogP contribution in [0.3, 0.4) is 0 Å². The number of aromatic nitrogens is 2. The second-order valence-electron chi connectivity index (χ2n) is 7.64. The van der Waals surface area contributed by atoms with E-state index in [4.69, 9.17) is 28.8 Å². The summed E-state index contributed by atoms with van der Waals surface area (Å²) in [4.78, 5) is 0. The van der Waals surface area contributed by atoms with E-state index in [2.05, 4.69) is 0 Å². The number of hydrogen-bond donors (Lipinski definition) is 0. The maximum atomic E-state index is 5.49. The number of nitrogens with zero attached hydrogens (tertiary/aromatic N) is 2. The molecule has 180 valence electrons. The Hall–Kier alpha value is -4.39. The van der Waals surface area contributed by atoms with Gasteiger partial charge in [-0.2, -0.15) is 5.10 Å². The third kappa shape index (κ3) is 5.41. The van der Waals surface area contributed by atoms with Gasteiger partial charge in [0.25, 0.3) is 0 Å². The lowest BCUT2D eigenvalue weighted by molar-refractivity contribution is 0.394. The van der Waals surface area contributed by atoms with Gasteiger partial charge in [0.1, 0.15) is 28.7 Å². The van der Waals surface area contributed by atoms with Crippen molar-refractivity contribution in [2.75, 3.05) is 35.5 Å². The van der Waals surface area contributed by atoms with Crippen LogP contribution in [0.5, 0.6) is 28.7 Å². The van der Waals surface area contributed by atoms with Crippen molar-refractivity contribution >= 4 is 12.2 Å². The molecule has 0 saturated heterocycles. The largest absolute Gasteiger partial charge is 0.497 e. The molecule has 0 saturated carbocycles. The average molecular weight is 473 g/mol. The summed E-state index contributed by atoms with van der Waals surface area (Å²) in [5, 5.41) is 4.87. The molecule has 3 aromatic carbocycles. The van der Waals surface area contributed by atoms with Crippen LogP contribution in [-0.2, 0) is 0 Å². The lowest BCUT2D eigenvalue weighted by Gasteiger charge is -2.11. The molecule has 4 rings (SSSR count). The summed E-state index contributed by atoms with van der Waals surface area (Å²) in [5.41, 5.74) is 4.40. The maximum absolute atomic E-state index is 5.49. The molecular weight excluding hydrogens is 444 g/mol. The second kappa shape index (κ2) is 10.7. The average Bonchev–Trinajstić information content (AvgIpc) is 3.35. The molecule has 7 nitrogen and oxygen atoms in total. The Labute approximate surface area is 205 Å². The molecule has 7 heteroatoms. The Morgan fingerprint density at radius 1 is 0.571 bits per heavy atom. The van der Waals surface area contributed by atoms with Crippen LogP contribution in [0.25, 0.3) is 29.1 Å². The molecule has 0 bridgehead atoms. The fourth-order valence-corrected chi connectivity index (χ4v) is 3.67. The van der Waals surface area contributed by atoms with Gasteiger partial charge in [-0.3, -0.25) is 0 Å². The van der Waals surface area contributed by atoms with Crippen molar-refractivity contribution in [2.45, 2.75) is 0 Å². The standard InChI is InChI=1S/C28H28N2O5/c1-31-23-10-8-22(9-11-23)30-28(20-14-26(34-4)18-27(15-20)35-5)16-21(29-30)7-6-19-12-24(32-2)17-25(13-19)33-3/h6-18H,1-5H3. The number of ether oxygens (including phenoxy) is 5. The molecule has 1 heterocycles. The summed E-state index contributed by atoms with van der Waals surface area (Å²) in [7, 11) is 8.18. The van der Waals surface area contributed by atoms with Crippen LogP contribution in [0, 0.1) is 0 Å². The molecule has 0 spiro atoms. The first-order chi connectivity index (χ1) is 17.1. The van der Waals surface area contributed by atoms with E-state index in [0.717, 1.165) is 45.5 Å². The molecule has 0 amide bonds. The summed E-state index contributed by atoms with van der Waals surface area (Å²) >= 11 is 0. The molecule has 0 aliphatic rings. The molecule has 1 aromatic heterocycles. The van der Waals surface area contributed by atoms with Crippen molar-refractivity contribution in [3.63, 3.8) is 0 Å². The van der Waals surface area contributed by atoms with Crippen LogP contribution >= 0.6 is 0 Å². The topological polar surface area (TPSA) is 64.0 Å². The molecule has 0 unspecified atom stereocenters. The van der Waals surface area contributed by atoms with Gasteiger partial charge in [0.15, 0.2) is 0 Å². The van der Waals surface area contributed by atoms with Crippen LogP contribution in [-0.4, -0.2) is 45.3 Å². The zero-order valence-corrected chi connectivity index (χ0v) is 20.4. The maximum Gasteiger partial charge on any atom is 0.123 e.